The van der Waals surface area contributed by atoms with E-state index in [1.807, 2.05) is 24.3 Å². The number of hydrogen-bond donors (Lipinski definition) is 1. The van der Waals surface area contributed by atoms with Gasteiger partial charge in [-0.15, -0.1) is 0 Å². The highest BCUT2D eigenvalue weighted by atomic mass is 35.5. The van der Waals surface area contributed by atoms with Gasteiger partial charge in [0.15, 0.2) is 9.84 Å². The van der Waals surface area contributed by atoms with Crippen molar-refractivity contribution in [2.75, 3.05) is 18.6 Å². The van der Waals surface area contributed by atoms with Crippen LogP contribution in [-0.4, -0.2) is 32.9 Å². The average Bonchev–Trinajstić information content (AvgIpc) is 2.55. The molecule has 0 saturated heterocycles. The molecule has 0 spiro atoms. The molecule has 0 bridgehead atoms. The van der Waals surface area contributed by atoms with Gasteiger partial charge in [0.25, 0.3) is 5.91 Å². The van der Waals surface area contributed by atoms with Crippen molar-refractivity contribution < 1.29 is 13.2 Å². The molecule has 0 aromatic heterocycles. The molecule has 4 nitrogen and oxygen atoms in total. The Balaban J connectivity index is 1.85. The van der Waals surface area contributed by atoms with Crippen molar-refractivity contribution in [1.29, 1.82) is 0 Å². The average molecular weight is 398 g/mol. The van der Waals surface area contributed by atoms with Crippen LogP contribution < -0.4 is 5.32 Å². The molecule has 0 aliphatic heterocycles. The number of rotatable bonds is 7. The summed E-state index contributed by atoms with van der Waals surface area (Å²) < 4.78 is 23.3. The fourth-order valence-corrected chi connectivity index (χ4v) is 3.77. The van der Waals surface area contributed by atoms with Crippen molar-refractivity contribution in [3.8, 4) is 0 Å². The summed E-state index contributed by atoms with van der Waals surface area (Å²) in [5, 5.41) is 3.55. The lowest BCUT2D eigenvalue weighted by atomic mass is 10.1. The zero-order valence-corrected chi connectivity index (χ0v) is 16.5. The molecule has 134 valence electrons. The molecule has 2 rings (SSSR count). The number of sulfone groups is 1. The van der Waals surface area contributed by atoms with Gasteiger partial charge in [0.2, 0.25) is 0 Å². The number of halogens is 1. The lowest BCUT2D eigenvalue weighted by Crippen LogP contribution is -2.26. The van der Waals surface area contributed by atoms with Crippen LogP contribution in [0.25, 0.3) is 0 Å². The summed E-state index contributed by atoms with van der Waals surface area (Å²) in [6.07, 6.45) is 1.13. The van der Waals surface area contributed by atoms with Gasteiger partial charge in [0.1, 0.15) is 0 Å². The Hall–Kier alpha value is -1.50. The van der Waals surface area contributed by atoms with Crippen molar-refractivity contribution in [1.82, 2.24) is 5.32 Å². The second kappa shape index (κ2) is 8.74. The number of hydrogen-bond acceptors (Lipinski definition) is 4. The van der Waals surface area contributed by atoms with Gasteiger partial charge in [-0.3, -0.25) is 4.79 Å². The summed E-state index contributed by atoms with van der Waals surface area (Å²) in [5.74, 6) is 1.35. The van der Waals surface area contributed by atoms with Crippen LogP contribution in [-0.2, 0) is 15.6 Å². The smallest absolute Gasteiger partial charge is 0.251 e. The highest BCUT2D eigenvalue weighted by Gasteiger charge is 2.14. The Kier molecular flexibility index (Phi) is 6.93. The van der Waals surface area contributed by atoms with E-state index in [2.05, 4.69) is 5.32 Å². The van der Waals surface area contributed by atoms with Crippen LogP contribution in [0.4, 0.5) is 0 Å². The van der Waals surface area contributed by atoms with Crippen LogP contribution in [0.2, 0.25) is 5.02 Å². The minimum atomic E-state index is -3.33. The fraction of sp³-hybridized carbons (Fsp3) is 0.278. The Labute approximate surface area is 157 Å². The van der Waals surface area contributed by atoms with E-state index < -0.39 is 9.84 Å². The number of amides is 1. The maximum atomic E-state index is 12.3. The van der Waals surface area contributed by atoms with Crippen LogP contribution in [0.15, 0.2) is 47.4 Å². The molecule has 0 fully saturated rings. The van der Waals surface area contributed by atoms with Gasteiger partial charge in [0.05, 0.1) is 4.90 Å². The van der Waals surface area contributed by atoms with E-state index in [1.54, 1.807) is 24.8 Å². The molecule has 7 heteroatoms. The third kappa shape index (κ3) is 6.06. The predicted molar refractivity (Wildman–Crippen MR) is 104 cm³/mol. The van der Waals surface area contributed by atoms with Gasteiger partial charge in [-0.2, -0.15) is 11.8 Å². The van der Waals surface area contributed by atoms with E-state index in [-0.39, 0.29) is 10.8 Å². The molecule has 0 aliphatic carbocycles. The van der Waals surface area contributed by atoms with Crippen molar-refractivity contribution in [3.63, 3.8) is 0 Å². The molecule has 1 amide bonds. The van der Waals surface area contributed by atoms with Crippen LogP contribution in [0.5, 0.6) is 0 Å². The normalized spacial score (nSPS) is 11.3. The first kappa shape index (κ1) is 19.8. The van der Waals surface area contributed by atoms with Crippen molar-refractivity contribution >= 4 is 39.1 Å². The van der Waals surface area contributed by atoms with E-state index in [9.17, 15) is 13.2 Å². The minimum absolute atomic E-state index is 0.153. The molecule has 2 aromatic rings. The monoisotopic (exact) mass is 397 g/mol. The highest BCUT2D eigenvalue weighted by molar-refractivity contribution is 7.98. The standard InChI is InChI=1S/C18H20ClNO3S2/c1-13-3-8-16(25(2,22)23)11-17(13)18(21)20-9-10-24-12-14-4-6-15(19)7-5-14/h3-8,11H,9-10,12H2,1-2H3,(H,20,21). The quantitative estimate of drug-likeness (QED) is 0.723. The molecule has 2 aromatic carbocycles. The lowest BCUT2D eigenvalue weighted by molar-refractivity contribution is 0.0955. The molecular formula is C18H20ClNO3S2. The van der Waals surface area contributed by atoms with E-state index in [4.69, 9.17) is 11.6 Å². The molecule has 0 aliphatic rings. The number of carbonyl (C=O) groups excluding carboxylic acids is 1. The second-order valence-electron chi connectivity index (χ2n) is 5.68. The number of benzene rings is 2. The molecule has 0 heterocycles. The summed E-state index contributed by atoms with van der Waals surface area (Å²) in [7, 11) is -3.33. The van der Waals surface area contributed by atoms with Gasteiger partial charge in [-0.05, 0) is 42.3 Å². The number of aryl methyl sites for hydroxylation is 1. The number of thioether (sulfide) groups is 1. The molecule has 25 heavy (non-hydrogen) atoms. The molecular weight excluding hydrogens is 378 g/mol. The van der Waals surface area contributed by atoms with Crippen LogP contribution in [0.3, 0.4) is 0 Å². The summed E-state index contributed by atoms with van der Waals surface area (Å²) in [6.45, 7) is 2.30. The van der Waals surface area contributed by atoms with Gasteiger partial charge < -0.3 is 5.32 Å². The van der Waals surface area contributed by atoms with Crippen molar-refractivity contribution in [2.24, 2.45) is 0 Å². The summed E-state index contributed by atoms with van der Waals surface area (Å²) in [5.41, 5.74) is 2.32. The van der Waals surface area contributed by atoms with E-state index in [1.165, 1.54) is 17.7 Å². The van der Waals surface area contributed by atoms with Gasteiger partial charge in [0, 0.05) is 34.9 Å². The summed E-state index contributed by atoms with van der Waals surface area (Å²) in [6, 6.07) is 12.3. The topological polar surface area (TPSA) is 63.2 Å². The Morgan fingerprint density at radius 3 is 2.48 bits per heavy atom. The highest BCUT2D eigenvalue weighted by Crippen LogP contribution is 2.17. The first-order valence-electron chi connectivity index (χ1n) is 7.68. The lowest BCUT2D eigenvalue weighted by Gasteiger charge is -2.09. The SMILES string of the molecule is Cc1ccc(S(C)(=O)=O)cc1C(=O)NCCSCc1ccc(Cl)cc1. The third-order valence-electron chi connectivity index (χ3n) is 3.60. The molecule has 0 saturated carbocycles. The van der Waals surface area contributed by atoms with E-state index >= 15 is 0 Å². The van der Waals surface area contributed by atoms with Crippen molar-refractivity contribution in [2.45, 2.75) is 17.6 Å². The molecule has 1 N–H and O–H groups in total. The minimum Gasteiger partial charge on any atom is -0.351 e. The fourth-order valence-electron chi connectivity index (χ4n) is 2.18. The number of nitrogens with one attached hydrogen (secondary N) is 1. The first-order chi connectivity index (χ1) is 11.8. The first-order valence-corrected chi connectivity index (χ1v) is 11.1. The third-order valence-corrected chi connectivity index (χ3v) is 5.99. The predicted octanol–water partition coefficient (Wildman–Crippen LogP) is 3.72. The zero-order valence-electron chi connectivity index (χ0n) is 14.1. The van der Waals surface area contributed by atoms with Crippen LogP contribution >= 0.6 is 23.4 Å². The number of carbonyl (C=O) groups is 1. The maximum absolute atomic E-state index is 12.3. The van der Waals surface area contributed by atoms with Gasteiger partial charge in [-0.25, -0.2) is 8.42 Å². The van der Waals surface area contributed by atoms with E-state index in [0.717, 1.165) is 23.3 Å². The molecule has 0 radical (unpaired) electrons. The van der Waals surface area contributed by atoms with Crippen LogP contribution in [0, 0.1) is 6.92 Å². The zero-order chi connectivity index (χ0) is 18.4. The van der Waals surface area contributed by atoms with Gasteiger partial charge in [-0.1, -0.05) is 29.8 Å². The van der Waals surface area contributed by atoms with Crippen LogP contribution in [0.1, 0.15) is 21.5 Å². The summed E-state index contributed by atoms with van der Waals surface area (Å²) >= 11 is 7.56. The largest absolute Gasteiger partial charge is 0.351 e. The Morgan fingerprint density at radius 2 is 1.84 bits per heavy atom. The van der Waals surface area contributed by atoms with Crippen molar-refractivity contribution in [3.05, 3.63) is 64.2 Å². The van der Waals surface area contributed by atoms with Gasteiger partial charge >= 0.3 is 0 Å². The maximum Gasteiger partial charge on any atom is 0.251 e. The Morgan fingerprint density at radius 1 is 1.16 bits per heavy atom. The van der Waals surface area contributed by atoms with E-state index in [0.29, 0.717) is 17.1 Å². The summed E-state index contributed by atoms with van der Waals surface area (Å²) in [4.78, 5) is 12.4. The molecule has 0 atom stereocenters. The Bertz CT molecular complexity index is 849. The second-order valence-corrected chi connectivity index (χ2v) is 9.24. The molecule has 0 unspecified atom stereocenters.